The molecule has 0 amide bonds. The van der Waals surface area contributed by atoms with Crippen LogP contribution in [0.3, 0.4) is 0 Å². The maximum absolute atomic E-state index is 5.28. The molecule has 0 fully saturated rings. The first kappa shape index (κ1) is 6.85. The van der Waals surface area contributed by atoms with Crippen molar-refractivity contribution in [2.45, 2.75) is 13.3 Å². The van der Waals surface area contributed by atoms with Gasteiger partial charge in [-0.15, -0.1) is 10.2 Å². The van der Waals surface area contributed by atoms with Gasteiger partial charge in [0.05, 0.1) is 0 Å². The Labute approximate surface area is 59.0 Å². The molecule has 0 atom stereocenters. The highest BCUT2D eigenvalue weighted by Gasteiger charge is 1.94. The first-order chi connectivity index (χ1) is 4.83. The van der Waals surface area contributed by atoms with Crippen LogP contribution in [0.5, 0.6) is 0 Å². The molecule has 5 heteroatoms. The number of hydrogen-bond donors (Lipinski definition) is 3. The van der Waals surface area contributed by atoms with Gasteiger partial charge in [-0.1, -0.05) is 6.92 Å². The van der Waals surface area contributed by atoms with Gasteiger partial charge >= 0.3 is 0 Å². The first-order valence-corrected chi connectivity index (χ1v) is 3.25. The van der Waals surface area contributed by atoms with Gasteiger partial charge in [0.15, 0.2) is 0 Å². The molecule has 0 saturated carbocycles. The van der Waals surface area contributed by atoms with Crippen LogP contribution in [0.15, 0.2) is 0 Å². The number of nitrogen functional groups attached to an aromatic ring is 1. The smallest absolute Gasteiger partial charge is 0.223 e. The van der Waals surface area contributed by atoms with Gasteiger partial charge in [-0.2, -0.15) is 0 Å². The van der Waals surface area contributed by atoms with E-state index in [-0.39, 0.29) is 0 Å². The Hall–Kier alpha value is -1.26. The number of H-pyrrole nitrogens is 1. The van der Waals surface area contributed by atoms with Crippen LogP contribution < -0.4 is 11.1 Å². The van der Waals surface area contributed by atoms with Crippen LogP contribution in [0.1, 0.15) is 13.3 Å². The average Bonchev–Trinajstić information content (AvgIpc) is 2.31. The molecule has 1 rings (SSSR count). The van der Waals surface area contributed by atoms with Gasteiger partial charge in [0, 0.05) is 6.54 Å². The highest BCUT2D eigenvalue weighted by molar-refractivity contribution is 5.29. The van der Waals surface area contributed by atoms with E-state index in [0.29, 0.717) is 11.9 Å². The van der Waals surface area contributed by atoms with Crippen LogP contribution in [0, 0.1) is 0 Å². The third-order valence-electron chi connectivity index (χ3n) is 1.05. The van der Waals surface area contributed by atoms with Crippen molar-refractivity contribution in [3.8, 4) is 0 Å². The van der Waals surface area contributed by atoms with Gasteiger partial charge in [-0.05, 0) is 6.42 Å². The Bertz CT molecular complexity index is 194. The molecule has 56 valence electrons. The van der Waals surface area contributed by atoms with Crippen molar-refractivity contribution in [1.29, 1.82) is 0 Å². The molecule has 1 heterocycles. The summed E-state index contributed by atoms with van der Waals surface area (Å²) < 4.78 is 0. The lowest BCUT2D eigenvalue weighted by Crippen LogP contribution is -2.01. The third-order valence-corrected chi connectivity index (χ3v) is 1.05. The molecular formula is C5H11N5. The van der Waals surface area contributed by atoms with E-state index in [2.05, 4.69) is 27.4 Å². The van der Waals surface area contributed by atoms with Gasteiger partial charge in [0.25, 0.3) is 0 Å². The van der Waals surface area contributed by atoms with Crippen molar-refractivity contribution in [2.75, 3.05) is 17.6 Å². The van der Waals surface area contributed by atoms with Gasteiger partial charge in [-0.25, -0.2) is 0 Å². The number of nitrogens with zero attached hydrogens (tertiary/aromatic N) is 2. The zero-order chi connectivity index (χ0) is 7.40. The molecule has 0 aliphatic carbocycles. The van der Waals surface area contributed by atoms with E-state index >= 15 is 0 Å². The van der Waals surface area contributed by atoms with Gasteiger partial charge in [-0.3, -0.25) is 4.98 Å². The SMILES string of the molecule is CCCNc1nnc(N)[nH]1. The highest BCUT2D eigenvalue weighted by Crippen LogP contribution is 1.97. The topological polar surface area (TPSA) is 79.6 Å². The fourth-order valence-corrected chi connectivity index (χ4v) is 0.598. The van der Waals surface area contributed by atoms with E-state index in [1.807, 2.05) is 0 Å². The standard InChI is InChI=1S/C5H11N5/c1-2-3-7-5-8-4(6)9-10-5/h2-3H2,1H3,(H4,6,7,8,9,10). The van der Waals surface area contributed by atoms with Gasteiger partial charge in [0.2, 0.25) is 11.9 Å². The quantitative estimate of drug-likeness (QED) is 0.562. The Morgan fingerprint density at radius 1 is 1.60 bits per heavy atom. The second-order valence-electron chi connectivity index (χ2n) is 1.99. The van der Waals surface area contributed by atoms with Crippen molar-refractivity contribution < 1.29 is 0 Å². The summed E-state index contributed by atoms with van der Waals surface area (Å²) in [7, 11) is 0. The van der Waals surface area contributed by atoms with Crippen LogP contribution in [-0.2, 0) is 0 Å². The predicted octanol–water partition coefficient (Wildman–Crippen LogP) is 0.209. The Balaban J connectivity index is 2.42. The maximum Gasteiger partial charge on any atom is 0.223 e. The summed E-state index contributed by atoms with van der Waals surface area (Å²) in [6, 6.07) is 0. The van der Waals surface area contributed by atoms with Crippen LogP contribution in [0.25, 0.3) is 0 Å². The minimum Gasteiger partial charge on any atom is -0.368 e. The zero-order valence-electron chi connectivity index (χ0n) is 5.89. The van der Waals surface area contributed by atoms with E-state index in [4.69, 9.17) is 5.73 Å². The Morgan fingerprint density at radius 3 is 2.90 bits per heavy atom. The molecule has 0 aromatic carbocycles. The summed E-state index contributed by atoms with van der Waals surface area (Å²) in [6.07, 6.45) is 1.06. The summed E-state index contributed by atoms with van der Waals surface area (Å²) in [6.45, 7) is 2.96. The minimum atomic E-state index is 0.346. The zero-order valence-corrected chi connectivity index (χ0v) is 5.89. The molecule has 10 heavy (non-hydrogen) atoms. The lowest BCUT2D eigenvalue weighted by atomic mass is 10.5. The summed E-state index contributed by atoms with van der Waals surface area (Å²) in [5, 5.41) is 10.3. The lowest BCUT2D eigenvalue weighted by Gasteiger charge is -1.95. The molecule has 0 unspecified atom stereocenters. The minimum absolute atomic E-state index is 0.346. The number of nitrogens with one attached hydrogen (secondary N) is 2. The summed E-state index contributed by atoms with van der Waals surface area (Å²) >= 11 is 0. The molecular weight excluding hydrogens is 130 g/mol. The van der Waals surface area contributed by atoms with E-state index in [1.54, 1.807) is 0 Å². The lowest BCUT2D eigenvalue weighted by molar-refractivity contribution is 0.954. The Morgan fingerprint density at radius 2 is 2.40 bits per heavy atom. The molecule has 0 aliphatic heterocycles. The van der Waals surface area contributed by atoms with Crippen LogP contribution >= 0.6 is 0 Å². The van der Waals surface area contributed by atoms with Crippen molar-refractivity contribution in [3.63, 3.8) is 0 Å². The molecule has 0 saturated heterocycles. The van der Waals surface area contributed by atoms with Crippen LogP contribution in [0.2, 0.25) is 0 Å². The number of aromatic amines is 1. The number of rotatable bonds is 3. The number of anilines is 2. The summed E-state index contributed by atoms with van der Waals surface area (Å²) in [5.74, 6) is 0.984. The van der Waals surface area contributed by atoms with Crippen molar-refractivity contribution in [2.24, 2.45) is 0 Å². The summed E-state index contributed by atoms with van der Waals surface area (Å²) in [5.41, 5.74) is 5.28. The van der Waals surface area contributed by atoms with Crippen LogP contribution in [0.4, 0.5) is 11.9 Å². The largest absolute Gasteiger partial charge is 0.368 e. The normalized spacial score (nSPS) is 9.70. The first-order valence-electron chi connectivity index (χ1n) is 3.25. The number of hydrogen-bond acceptors (Lipinski definition) is 4. The van der Waals surface area contributed by atoms with Crippen molar-refractivity contribution in [1.82, 2.24) is 15.2 Å². The van der Waals surface area contributed by atoms with E-state index < -0.39 is 0 Å². The van der Waals surface area contributed by atoms with Crippen LogP contribution in [-0.4, -0.2) is 21.7 Å². The van der Waals surface area contributed by atoms with Gasteiger partial charge in [0.1, 0.15) is 0 Å². The number of aromatic nitrogens is 3. The molecule has 0 radical (unpaired) electrons. The second kappa shape index (κ2) is 3.05. The molecule has 1 aromatic heterocycles. The molecule has 0 spiro atoms. The maximum atomic E-state index is 5.28. The van der Waals surface area contributed by atoms with Crippen molar-refractivity contribution >= 4 is 11.9 Å². The highest BCUT2D eigenvalue weighted by atomic mass is 15.3. The summed E-state index contributed by atoms with van der Waals surface area (Å²) in [4.78, 5) is 2.76. The van der Waals surface area contributed by atoms with E-state index in [0.717, 1.165) is 13.0 Å². The molecule has 4 N–H and O–H groups in total. The molecule has 0 bridgehead atoms. The molecule has 1 aromatic rings. The molecule has 0 aliphatic rings. The molecule has 5 nitrogen and oxygen atoms in total. The Kier molecular flexibility index (Phi) is 2.09. The second-order valence-corrected chi connectivity index (χ2v) is 1.99. The third kappa shape index (κ3) is 1.61. The van der Waals surface area contributed by atoms with Gasteiger partial charge < -0.3 is 11.1 Å². The van der Waals surface area contributed by atoms with E-state index in [1.165, 1.54) is 0 Å². The average molecular weight is 141 g/mol. The predicted molar refractivity (Wildman–Crippen MR) is 39.6 cm³/mol. The monoisotopic (exact) mass is 141 g/mol. The van der Waals surface area contributed by atoms with E-state index in [9.17, 15) is 0 Å². The fourth-order valence-electron chi connectivity index (χ4n) is 0.598. The fraction of sp³-hybridized carbons (Fsp3) is 0.600. The van der Waals surface area contributed by atoms with Crippen molar-refractivity contribution in [3.05, 3.63) is 0 Å². The number of nitrogens with two attached hydrogens (primary N) is 1.